The first-order valence-electron chi connectivity index (χ1n) is 12.3. The van der Waals surface area contributed by atoms with Crippen LogP contribution in [0.1, 0.15) is 35.1 Å². The zero-order valence-electron chi connectivity index (χ0n) is 20.6. The second kappa shape index (κ2) is 12.7. The Hall–Kier alpha value is -3.89. The van der Waals surface area contributed by atoms with Crippen molar-refractivity contribution in [2.75, 3.05) is 20.3 Å². The van der Waals surface area contributed by atoms with Crippen molar-refractivity contribution in [3.05, 3.63) is 138 Å². The Kier molecular flexibility index (Phi) is 8.90. The van der Waals surface area contributed by atoms with Crippen molar-refractivity contribution in [2.45, 2.75) is 24.9 Å². The van der Waals surface area contributed by atoms with Crippen molar-refractivity contribution in [3.63, 3.8) is 0 Å². The molecule has 0 N–H and O–H groups in total. The highest BCUT2D eigenvalue weighted by atomic mass is 16.6. The van der Waals surface area contributed by atoms with Gasteiger partial charge in [0, 0.05) is 6.61 Å². The molecule has 0 aliphatic heterocycles. The third kappa shape index (κ3) is 6.21. The zero-order valence-corrected chi connectivity index (χ0v) is 20.6. The van der Waals surface area contributed by atoms with Crippen molar-refractivity contribution in [1.29, 1.82) is 0 Å². The van der Waals surface area contributed by atoms with E-state index in [9.17, 15) is 4.79 Å². The van der Waals surface area contributed by atoms with Crippen LogP contribution >= 0.6 is 0 Å². The van der Waals surface area contributed by atoms with E-state index < -0.39 is 11.6 Å². The summed E-state index contributed by atoms with van der Waals surface area (Å²) >= 11 is 0. The van der Waals surface area contributed by atoms with Crippen LogP contribution in [0.25, 0.3) is 0 Å². The lowest BCUT2D eigenvalue weighted by Gasteiger charge is -2.36. The normalized spacial score (nSPS) is 11.1. The fraction of sp³-hybridized carbons (Fsp3) is 0.219. The maximum absolute atomic E-state index is 11.3. The van der Waals surface area contributed by atoms with Gasteiger partial charge in [0.15, 0.2) is 6.61 Å². The Bertz CT molecular complexity index is 1110. The number of rotatable bonds is 12. The van der Waals surface area contributed by atoms with Gasteiger partial charge in [0.25, 0.3) is 0 Å². The van der Waals surface area contributed by atoms with E-state index in [2.05, 4.69) is 83.6 Å². The summed E-state index contributed by atoms with van der Waals surface area (Å²) in [6.07, 6.45) is 2.77. The van der Waals surface area contributed by atoms with Crippen molar-refractivity contribution < 1.29 is 19.0 Å². The van der Waals surface area contributed by atoms with Crippen molar-refractivity contribution in [3.8, 4) is 5.75 Å². The summed E-state index contributed by atoms with van der Waals surface area (Å²) in [5.41, 5.74) is 3.80. The number of unbranched alkanes of at least 4 members (excludes halogenated alkanes) is 1. The van der Waals surface area contributed by atoms with Gasteiger partial charge in [0.1, 0.15) is 11.4 Å². The maximum Gasteiger partial charge on any atom is 0.343 e. The Morgan fingerprint density at radius 2 is 1.25 bits per heavy atom. The van der Waals surface area contributed by atoms with Gasteiger partial charge in [0.2, 0.25) is 0 Å². The first-order chi connectivity index (χ1) is 17.7. The standard InChI is InChI=1S/C32H32O4/c1-34-31(33)25-35-30-22-13-15-26(24-30)14-11-12-23-36-32(27-16-5-2-6-17-27,28-18-7-3-8-19-28)29-20-9-4-10-21-29/h2-10,13,15-22,24H,11-12,14,23,25H2,1H3. The summed E-state index contributed by atoms with van der Waals surface area (Å²) < 4.78 is 17.0. The fourth-order valence-electron chi connectivity index (χ4n) is 4.42. The molecule has 0 aliphatic rings. The predicted molar refractivity (Wildman–Crippen MR) is 142 cm³/mol. The topological polar surface area (TPSA) is 44.8 Å². The number of hydrogen-bond acceptors (Lipinski definition) is 4. The van der Waals surface area contributed by atoms with Crippen LogP contribution in [0.5, 0.6) is 5.75 Å². The van der Waals surface area contributed by atoms with Crippen molar-refractivity contribution in [1.82, 2.24) is 0 Å². The minimum atomic E-state index is -0.689. The lowest BCUT2D eigenvalue weighted by atomic mass is 9.80. The smallest absolute Gasteiger partial charge is 0.343 e. The first kappa shape index (κ1) is 25.2. The van der Waals surface area contributed by atoms with E-state index in [1.54, 1.807) is 0 Å². The van der Waals surface area contributed by atoms with Crippen molar-refractivity contribution in [2.24, 2.45) is 0 Å². The molecule has 184 valence electrons. The van der Waals surface area contributed by atoms with Crippen LogP contribution in [0.2, 0.25) is 0 Å². The molecule has 0 aromatic heterocycles. The van der Waals surface area contributed by atoms with Gasteiger partial charge in [-0.05, 0) is 53.6 Å². The summed E-state index contributed by atoms with van der Waals surface area (Å²) in [5, 5.41) is 0. The summed E-state index contributed by atoms with van der Waals surface area (Å²) in [5.74, 6) is 0.279. The molecule has 0 saturated heterocycles. The molecule has 4 heteroatoms. The number of benzene rings is 4. The van der Waals surface area contributed by atoms with Crippen LogP contribution in [-0.4, -0.2) is 26.3 Å². The van der Waals surface area contributed by atoms with Gasteiger partial charge in [0.05, 0.1) is 7.11 Å². The average Bonchev–Trinajstić information content (AvgIpc) is 2.95. The number of methoxy groups -OCH3 is 1. The molecule has 0 atom stereocenters. The average molecular weight is 481 g/mol. The number of aryl methyl sites for hydroxylation is 1. The van der Waals surface area contributed by atoms with Gasteiger partial charge >= 0.3 is 5.97 Å². The lowest BCUT2D eigenvalue weighted by Crippen LogP contribution is -2.33. The van der Waals surface area contributed by atoms with Crippen LogP contribution in [0.4, 0.5) is 0 Å². The van der Waals surface area contributed by atoms with Gasteiger partial charge in [-0.25, -0.2) is 4.79 Å². The van der Waals surface area contributed by atoms with E-state index in [4.69, 9.17) is 9.47 Å². The van der Waals surface area contributed by atoms with Crippen LogP contribution in [-0.2, 0) is 26.3 Å². The van der Waals surface area contributed by atoms with Gasteiger partial charge < -0.3 is 14.2 Å². The molecule has 0 radical (unpaired) electrons. The Balaban J connectivity index is 1.47. The Morgan fingerprint density at radius 1 is 0.694 bits per heavy atom. The molecule has 4 aromatic rings. The number of hydrogen-bond donors (Lipinski definition) is 0. The van der Waals surface area contributed by atoms with E-state index >= 15 is 0 Å². The highest BCUT2D eigenvalue weighted by molar-refractivity contribution is 5.70. The van der Waals surface area contributed by atoms with E-state index in [-0.39, 0.29) is 6.61 Å². The van der Waals surface area contributed by atoms with E-state index in [0.717, 1.165) is 41.5 Å². The zero-order chi connectivity index (χ0) is 25.1. The summed E-state index contributed by atoms with van der Waals surface area (Å²) in [4.78, 5) is 11.3. The molecule has 0 saturated carbocycles. The molecule has 0 heterocycles. The van der Waals surface area contributed by atoms with Gasteiger partial charge in [-0.1, -0.05) is 103 Å². The van der Waals surface area contributed by atoms with Crippen LogP contribution in [0.15, 0.2) is 115 Å². The molecule has 0 amide bonds. The van der Waals surface area contributed by atoms with Crippen LogP contribution < -0.4 is 4.74 Å². The van der Waals surface area contributed by atoms with Crippen molar-refractivity contribution >= 4 is 5.97 Å². The molecular formula is C32H32O4. The highest BCUT2D eigenvalue weighted by Crippen LogP contribution is 2.40. The van der Waals surface area contributed by atoms with E-state index in [1.807, 2.05) is 36.4 Å². The molecule has 4 aromatic carbocycles. The maximum atomic E-state index is 11.3. The minimum absolute atomic E-state index is 0.0890. The van der Waals surface area contributed by atoms with Gasteiger partial charge in [-0.3, -0.25) is 0 Å². The third-order valence-electron chi connectivity index (χ3n) is 6.20. The van der Waals surface area contributed by atoms with Crippen LogP contribution in [0.3, 0.4) is 0 Å². The molecule has 0 spiro atoms. The number of carbonyl (C=O) groups excluding carboxylic acids is 1. The number of esters is 1. The predicted octanol–water partition coefficient (Wildman–Crippen LogP) is 6.57. The molecular weight excluding hydrogens is 448 g/mol. The largest absolute Gasteiger partial charge is 0.482 e. The molecule has 0 aliphatic carbocycles. The fourth-order valence-corrected chi connectivity index (χ4v) is 4.42. The summed E-state index contributed by atoms with van der Waals surface area (Å²) in [6.45, 7) is 0.519. The second-order valence-corrected chi connectivity index (χ2v) is 8.60. The first-order valence-corrected chi connectivity index (χ1v) is 12.3. The number of carbonyl (C=O) groups is 1. The second-order valence-electron chi connectivity index (χ2n) is 8.60. The molecule has 4 nitrogen and oxygen atoms in total. The minimum Gasteiger partial charge on any atom is -0.482 e. The SMILES string of the molecule is COC(=O)COc1cccc(CCCCOC(c2ccccc2)(c2ccccc2)c2ccccc2)c1. The molecule has 0 unspecified atom stereocenters. The lowest BCUT2D eigenvalue weighted by molar-refractivity contribution is -0.142. The van der Waals surface area contributed by atoms with E-state index in [1.165, 1.54) is 7.11 Å². The Labute approximate surface area is 213 Å². The molecule has 4 rings (SSSR count). The molecule has 0 fully saturated rings. The third-order valence-corrected chi connectivity index (χ3v) is 6.20. The highest BCUT2D eigenvalue weighted by Gasteiger charge is 2.37. The monoisotopic (exact) mass is 480 g/mol. The number of ether oxygens (including phenoxy) is 3. The summed E-state index contributed by atoms with van der Waals surface area (Å²) in [7, 11) is 1.35. The van der Waals surface area contributed by atoms with Gasteiger partial charge in [-0.15, -0.1) is 0 Å². The Morgan fingerprint density at radius 3 is 1.78 bits per heavy atom. The molecule has 0 bridgehead atoms. The van der Waals surface area contributed by atoms with E-state index in [0.29, 0.717) is 12.4 Å². The quantitative estimate of drug-likeness (QED) is 0.131. The van der Waals surface area contributed by atoms with Crippen LogP contribution in [0, 0.1) is 0 Å². The van der Waals surface area contributed by atoms with Gasteiger partial charge in [-0.2, -0.15) is 0 Å². The molecule has 36 heavy (non-hydrogen) atoms. The summed E-state index contributed by atoms with van der Waals surface area (Å²) in [6, 6.07) is 39.2.